The van der Waals surface area contributed by atoms with Gasteiger partial charge in [-0.15, -0.1) is 0 Å². The fourth-order valence-corrected chi connectivity index (χ4v) is 4.05. The maximum absolute atomic E-state index is 12.3. The SMILES string of the molecule is CC(CC(O)c1ccccc1)NC(=O)NC1CCN2CCCCC12. The van der Waals surface area contributed by atoms with E-state index in [-0.39, 0.29) is 18.1 Å². The molecule has 0 radical (unpaired) electrons. The summed E-state index contributed by atoms with van der Waals surface area (Å²) in [5.74, 6) is 0. The Morgan fingerprint density at radius 3 is 2.83 bits per heavy atom. The summed E-state index contributed by atoms with van der Waals surface area (Å²) in [6.07, 6.45) is 4.73. The van der Waals surface area contributed by atoms with Gasteiger partial charge >= 0.3 is 6.03 Å². The third-order valence-electron chi connectivity index (χ3n) is 5.31. The first-order chi connectivity index (χ1) is 11.6. The molecule has 5 heteroatoms. The van der Waals surface area contributed by atoms with E-state index in [0.717, 1.165) is 18.5 Å². The van der Waals surface area contributed by atoms with E-state index >= 15 is 0 Å². The van der Waals surface area contributed by atoms with Gasteiger partial charge in [0.15, 0.2) is 0 Å². The molecule has 2 aliphatic rings. The van der Waals surface area contributed by atoms with Crippen LogP contribution in [0.4, 0.5) is 4.79 Å². The fraction of sp³-hybridized carbons (Fsp3) is 0.632. The lowest BCUT2D eigenvalue weighted by Crippen LogP contribution is -2.51. The Balaban J connectivity index is 1.44. The van der Waals surface area contributed by atoms with E-state index in [9.17, 15) is 9.90 Å². The molecule has 2 saturated heterocycles. The van der Waals surface area contributed by atoms with Crippen LogP contribution in [0.15, 0.2) is 30.3 Å². The van der Waals surface area contributed by atoms with Crippen molar-refractivity contribution in [3.63, 3.8) is 0 Å². The van der Waals surface area contributed by atoms with Crippen molar-refractivity contribution in [1.82, 2.24) is 15.5 Å². The molecule has 0 aromatic heterocycles. The number of fused-ring (bicyclic) bond motifs is 1. The second-order valence-electron chi connectivity index (χ2n) is 7.18. The summed E-state index contributed by atoms with van der Waals surface area (Å²) in [7, 11) is 0. The number of nitrogens with one attached hydrogen (secondary N) is 2. The van der Waals surface area contributed by atoms with Crippen LogP contribution in [0.1, 0.15) is 50.7 Å². The second kappa shape index (κ2) is 7.99. The molecule has 2 aliphatic heterocycles. The van der Waals surface area contributed by atoms with E-state index < -0.39 is 6.10 Å². The number of hydrogen-bond donors (Lipinski definition) is 3. The number of carbonyl (C=O) groups is 1. The average molecular weight is 331 g/mol. The van der Waals surface area contributed by atoms with Gasteiger partial charge < -0.3 is 15.7 Å². The van der Waals surface area contributed by atoms with E-state index in [4.69, 9.17) is 0 Å². The Hall–Kier alpha value is -1.59. The van der Waals surface area contributed by atoms with Gasteiger partial charge in [0, 0.05) is 24.7 Å². The van der Waals surface area contributed by atoms with Crippen molar-refractivity contribution >= 4 is 6.03 Å². The van der Waals surface area contributed by atoms with Crippen LogP contribution < -0.4 is 10.6 Å². The number of aliphatic hydroxyl groups excluding tert-OH is 1. The molecule has 3 rings (SSSR count). The molecule has 1 aromatic carbocycles. The van der Waals surface area contributed by atoms with Crippen LogP contribution in [-0.2, 0) is 0 Å². The lowest BCUT2D eigenvalue weighted by Gasteiger charge is -2.32. The van der Waals surface area contributed by atoms with Crippen LogP contribution in [0.2, 0.25) is 0 Å². The molecular formula is C19H29N3O2. The Morgan fingerprint density at radius 1 is 1.25 bits per heavy atom. The minimum Gasteiger partial charge on any atom is -0.388 e. The number of urea groups is 1. The normalized spacial score (nSPS) is 26.4. The molecule has 5 nitrogen and oxygen atoms in total. The zero-order valence-electron chi connectivity index (χ0n) is 14.4. The van der Waals surface area contributed by atoms with E-state index in [2.05, 4.69) is 15.5 Å². The van der Waals surface area contributed by atoms with Crippen molar-refractivity contribution in [2.75, 3.05) is 13.1 Å². The maximum atomic E-state index is 12.3. The summed E-state index contributed by atoms with van der Waals surface area (Å²) in [6, 6.07) is 10.2. The minimum atomic E-state index is -0.554. The van der Waals surface area contributed by atoms with Gasteiger partial charge in [0.1, 0.15) is 0 Å². The predicted octanol–water partition coefficient (Wildman–Crippen LogP) is 2.42. The summed E-state index contributed by atoms with van der Waals surface area (Å²) in [6.45, 7) is 4.20. The van der Waals surface area contributed by atoms with Crippen molar-refractivity contribution in [3.8, 4) is 0 Å². The summed E-state index contributed by atoms with van der Waals surface area (Å²) in [5, 5.41) is 16.4. The van der Waals surface area contributed by atoms with E-state index in [1.54, 1.807) is 0 Å². The Kier molecular flexibility index (Phi) is 5.74. The lowest BCUT2D eigenvalue weighted by molar-refractivity contribution is 0.153. The molecule has 4 atom stereocenters. The second-order valence-corrected chi connectivity index (χ2v) is 7.18. The van der Waals surface area contributed by atoms with Crippen LogP contribution >= 0.6 is 0 Å². The number of carbonyl (C=O) groups excluding carboxylic acids is 1. The zero-order valence-corrected chi connectivity index (χ0v) is 14.4. The fourth-order valence-electron chi connectivity index (χ4n) is 4.05. The molecular weight excluding hydrogens is 302 g/mol. The smallest absolute Gasteiger partial charge is 0.315 e. The predicted molar refractivity (Wildman–Crippen MR) is 94.8 cm³/mol. The standard InChI is InChI=1S/C19H29N3O2/c1-14(13-18(23)15-7-3-2-4-8-15)20-19(24)21-16-10-12-22-11-6-5-9-17(16)22/h2-4,7-8,14,16-18,23H,5-6,9-13H2,1H3,(H2,20,21,24). The highest BCUT2D eigenvalue weighted by atomic mass is 16.3. The van der Waals surface area contributed by atoms with Gasteiger partial charge in [0.2, 0.25) is 0 Å². The average Bonchev–Trinajstić information content (AvgIpc) is 2.98. The molecule has 0 bridgehead atoms. The van der Waals surface area contributed by atoms with Crippen molar-refractivity contribution < 1.29 is 9.90 Å². The summed E-state index contributed by atoms with van der Waals surface area (Å²) < 4.78 is 0. The van der Waals surface area contributed by atoms with E-state index in [1.807, 2.05) is 37.3 Å². The maximum Gasteiger partial charge on any atom is 0.315 e. The topological polar surface area (TPSA) is 64.6 Å². The number of piperidine rings is 1. The van der Waals surface area contributed by atoms with E-state index in [1.165, 1.54) is 25.8 Å². The lowest BCUT2D eigenvalue weighted by atomic mass is 9.99. The first-order valence-corrected chi connectivity index (χ1v) is 9.17. The van der Waals surface area contributed by atoms with Gasteiger partial charge in [-0.05, 0) is 44.7 Å². The third kappa shape index (κ3) is 4.28. The quantitative estimate of drug-likeness (QED) is 0.776. The Labute approximate surface area is 144 Å². The molecule has 3 N–H and O–H groups in total. The molecule has 0 aliphatic carbocycles. The molecule has 2 fully saturated rings. The van der Waals surface area contributed by atoms with Crippen LogP contribution in [0.5, 0.6) is 0 Å². The van der Waals surface area contributed by atoms with Crippen molar-refractivity contribution in [3.05, 3.63) is 35.9 Å². The van der Waals surface area contributed by atoms with Crippen molar-refractivity contribution in [1.29, 1.82) is 0 Å². The van der Waals surface area contributed by atoms with Crippen LogP contribution in [0.3, 0.4) is 0 Å². The van der Waals surface area contributed by atoms with Gasteiger partial charge in [0.05, 0.1) is 6.10 Å². The van der Waals surface area contributed by atoms with Crippen LogP contribution in [0.25, 0.3) is 0 Å². The molecule has 132 valence electrons. The number of nitrogens with zero attached hydrogens (tertiary/aromatic N) is 1. The molecule has 2 heterocycles. The Morgan fingerprint density at radius 2 is 2.04 bits per heavy atom. The summed E-state index contributed by atoms with van der Waals surface area (Å²) in [4.78, 5) is 14.8. The number of benzene rings is 1. The van der Waals surface area contributed by atoms with Gasteiger partial charge in [0.25, 0.3) is 0 Å². The molecule has 4 unspecified atom stereocenters. The molecule has 2 amide bonds. The summed E-state index contributed by atoms with van der Waals surface area (Å²) in [5.41, 5.74) is 0.889. The highest BCUT2D eigenvalue weighted by Crippen LogP contribution is 2.27. The van der Waals surface area contributed by atoms with Gasteiger partial charge in [-0.2, -0.15) is 0 Å². The molecule has 0 spiro atoms. The number of amides is 2. The first kappa shape index (κ1) is 17.2. The van der Waals surface area contributed by atoms with Crippen LogP contribution in [-0.4, -0.2) is 47.3 Å². The molecule has 1 aromatic rings. The van der Waals surface area contributed by atoms with E-state index in [0.29, 0.717) is 12.5 Å². The first-order valence-electron chi connectivity index (χ1n) is 9.17. The minimum absolute atomic E-state index is 0.0796. The highest BCUT2D eigenvalue weighted by molar-refractivity contribution is 5.74. The number of aliphatic hydroxyl groups is 1. The van der Waals surface area contributed by atoms with Gasteiger partial charge in [-0.1, -0.05) is 36.8 Å². The summed E-state index contributed by atoms with van der Waals surface area (Å²) >= 11 is 0. The van der Waals surface area contributed by atoms with Gasteiger partial charge in [-0.3, -0.25) is 4.90 Å². The van der Waals surface area contributed by atoms with Gasteiger partial charge in [-0.25, -0.2) is 4.79 Å². The molecule has 0 saturated carbocycles. The van der Waals surface area contributed by atoms with Crippen molar-refractivity contribution in [2.45, 2.75) is 63.3 Å². The van der Waals surface area contributed by atoms with Crippen LogP contribution in [0, 0.1) is 0 Å². The number of hydrogen-bond acceptors (Lipinski definition) is 3. The zero-order chi connectivity index (χ0) is 16.9. The number of rotatable bonds is 5. The Bertz CT molecular complexity index is 537. The van der Waals surface area contributed by atoms with Crippen molar-refractivity contribution in [2.24, 2.45) is 0 Å². The highest BCUT2D eigenvalue weighted by Gasteiger charge is 2.36. The monoisotopic (exact) mass is 331 g/mol. The molecule has 24 heavy (non-hydrogen) atoms. The largest absolute Gasteiger partial charge is 0.388 e. The third-order valence-corrected chi connectivity index (χ3v) is 5.31.